The predicted molar refractivity (Wildman–Crippen MR) is 97.8 cm³/mol. The molecule has 5 nitrogen and oxygen atoms in total. The largest absolute Gasteiger partial charge is 0.495 e. The first-order valence-electron chi connectivity index (χ1n) is 7.90. The van der Waals surface area contributed by atoms with Crippen molar-refractivity contribution < 1.29 is 22.3 Å². The first-order chi connectivity index (χ1) is 12.3. The minimum atomic E-state index is -3.65. The Bertz CT molecular complexity index is 887. The van der Waals surface area contributed by atoms with E-state index in [9.17, 15) is 17.6 Å². The van der Waals surface area contributed by atoms with Crippen LogP contribution in [0.2, 0.25) is 5.02 Å². The number of methoxy groups -OCH3 is 1. The van der Waals surface area contributed by atoms with Crippen LogP contribution in [-0.2, 0) is 21.1 Å². The van der Waals surface area contributed by atoms with Gasteiger partial charge < -0.3 is 10.1 Å². The molecule has 0 spiro atoms. The Hall–Kier alpha value is -2.12. The summed E-state index contributed by atoms with van der Waals surface area (Å²) >= 11 is 5.94. The van der Waals surface area contributed by atoms with E-state index in [-0.39, 0.29) is 34.5 Å². The lowest BCUT2D eigenvalue weighted by Gasteiger charge is -2.08. The van der Waals surface area contributed by atoms with E-state index in [4.69, 9.17) is 16.3 Å². The average molecular weight is 400 g/mol. The van der Waals surface area contributed by atoms with Crippen molar-refractivity contribution >= 4 is 27.3 Å². The van der Waals surface area contributed by atoms with Crippen molar-refractivity contribution in [1.29, 1.82) is 0 Å². The van der Waals surface area contributed by atoms with Crippen molar-refractivity contribution in [2.24, 2.45) is 0 Å². The first kappa shape index (κ1) is 20.2. The summed E-state index contributed by atoms with van der Waals surface area (Å²) in [5.74, 6) is -0.719. The molecule has 0 bridgehead atoms. The fraction of sp³-hybridized carbons (Fsp3) is 0.278. The summed E-state index contributed by atoms with van der Waals surface area (Å²) in [6.45, 7) is 0.230. The molecule has 0 radical (unpaired) electrons. The Morgan fingerprint density at radius 2 is 1.96 bits per heavy atom. The SMILES string of the molecule is COc1ccc(S(=O)(=O)CCC(=O)NCCc2ccccc2F)cc1Cl. The van der Waals surface area contributed by atoms with E-state index in [1.54, 1.807) is 18.2 Å². The zero-order valence-corrected chi connectivity index (χ0v) is 15.7. The average Bonchev–Trinajstić information content (AvgIpc) is 2.61. The minimum Gasteiger partial charge on any atom is -0.495 e. The molecule has 1 amide bonds. The normalized spacial score (nSPS) is 11.2. The van der Waals surface area contributed by atoms with Gasteiger partial charge in [-0.05, 0) is 36.2 Å². The van der Waals surface area contributed by atoms with Gasteiger partial charge in [0.2, 0.25) is 5.91 Å². The van der Waals surface area contributed by atoms with Crippen LogP contribution in [0.5, 0.6) is 5.75 Å². The van der Waals surface area contributed by atoms with Crippen LogP contribution in [0.4, 0.5) is 4.39 Å². The van der Waals surface area contributed by atoms with Gasteiger partial charge in [-0.1, -0.05) is 29.8 Å². The summed E-state index contributed by atoms with van der Waals surface area (Å²) in [4.78, 5) is 11.9. The lowest BCUT2D eigenvalue weighted by molar-refractivity contribution is -0.120. The number of carbonyl (C=O) groups is 1. The molecule has 0 saturated heterocycles. The van der Waals surface area contributed by atoms with Gasteiger partial charge in [-0.3, -0.25) is 4.79 Å². The van der Waals surface area contributed by atoms with E-state index in [2.05, 4.69) is 5.32 Å². The Morgan fingerprint density at radius 3 is 2.62 bits per heavy atom. The number of hydrogen-bond donors (Lipinski definition) is 1. The molecule has 0 saturated carbocycles. The van der Waals surface area contributed by atoms with Crippen LogP contribution in [0.1, 0.15) is 12.0 Å². The molecule has 26 heavy (non-hydrogen) atoms. The summed E-state index contributed by atoms with van der Waals surface area (Å²) in [5.41, 5.74) is 0.494. The fourth-order valence-electron chi connectivity index (χ4n) is 2.31. The topological polar surface area (TPSA) is 72.5 Å². The summed E-state index contributed by atoms with van der Waals surface area (Å²) in [5, 5.41) is 2.78. The number of halogens is 2. The maximum absolute atomic E-state index is 13.5. The fourth-order valence-corrected chi connectivity index (χ4v) is 3.90. The highest BCUT2D eigenvalue weighted by Gasteiger charge is 2.18. The molecule has 0 aliphatic rings. The molecule has 0 aromatic heterocycles. The maximum Gasteiger partial charge on any atom is 0.221 e. The minimum absolute atomic E-state index is 0.0301. The number of hydrogen-bond acceptors (Lipinski definition) is 4. The summed E-state index contributed by atoms with van der Waals surface area (Å²) in [6, 6.07) is 10.4. The highest BCUT2D eigenvalue weighted by atomic mass is 35.5. The van der Waals surface area contributed by atoms with Gasteiger partial charge >= 0.3 is 0 Å². The third-order valence-corrected chi connectivity index (χ3v) is 5.76. The third kappa shape index (κ3) is 5.44. The molecule has 2 aromatic rings. The molecule has 0 unspecified atom stereocenters. The highest BCUT2D eigenvalue weighted by Crippen LogP contribution is 2.27. The van der Waals surface area contributed by atoms with Crippen LogP contribution in [0.15, 0.2) is 47.4 Å². The Kier molecular flexibility index (Phi) is 6.99. The van der Waals surface area contributed by atoms with E-state index >= 15 is 0 Å². The highest BCUT2D eigenvalue weighted by molar-refractivity contribution is 7.91. The van der Waals surface area contributed by atoms with Crippen molar-refractivity contribution in [2.75, 3.05) is 19.4 Å². The standard InChI is InChI=1S/C18H19ClFNO4S/c1-25-17-7-6-14(12-15(17)19)26(23,24)11-9-18(22)21-10-8-13-4-2-3-5-16(13)20/h2-7,12H,8-11H2,1H3,(H,21,22). The molecule has 0 atom stereocenters. The lowest BCUT2D eigenvalue weighted by Crippen LogP contribution is -2.27. The summed E-state index contributed by atoms with van der Waals surface area (Å²) in [7, 11) is -2.22. The Morgan fingerprint density at radius 1 is 1.23 bits per heavy atom. The Balaban J connectivity index is 1.86. The van der Waals surface area contributed by atoms with Crippen LogP contribution in [0, 0.1) is 5.82 Å². The molecule has 2 aromatic carbocycles. The number of benzene rings is 2. The van der Waals surface area contributed by atoms with E-state index in [1.807, 2.05) is 0 Å². The van der Waals surface area contributed by atoms with E-state index in [1.165, 1.54) is 31.4 Å². The van der Waals surface area contributed by atoms with Gasteiger partial charge in [-0.2, -0.15) is 0 Å². The lowest BCUT2D eigenvalue weighted by atomic mass is 10.1. The second kappa shape index (κ2) is 9.00. The van der Waals surface area contributed by atoms with Crippen LogP contribution in [0.25, 0.3) is 0 Å². The van der Waals surface area contributed by atoms with Crippen LogP contribution in [0.3, 0.4) is 0 Å². The van der Waals surface area contributed by atoms with Gasteiger partial charge in [0, 0.05) is 13.0 Å². The first-order valence-corrected chi connectivity index (χ1v) is 9.93. The maximum atomic E-state index is 13.5. The van der Waals surface area contributed by atoms with E-state index < -0.39 is 15.7 Å². The van der Waals surface area contributed by atoms with Gasteiger partial charge in [0.25, 0.3) is 0 Å². The molecule has 0 fully saturated rings. The molecule has 2 rings (SSSR count). The van der Waals surface area contributed by atoms with Crippen molar-refractivity contribution in [3.63, 3.8) is 0 Å². The Labute approximate surface area is 157 Å². The van der Waals surface area contributed by atoms with E-state index in [0.29, 0.717) is 17.7 Å². The molecule has 1 N–H and O–H groups in total. The van der Waals surface area contributed by atoms with Crippen molar-refractivity contribution in [2.45, 2.75) is 17.7 Å². The van der Waals surface area contributed by atoms with Crippen LogP contribution >= 0.6 is 11.6 Å². The summed E-state index contributed by atoms with van der Waals surface area (Å²) < 4.78 is 43.1. The molecule has 8 heteroatoms. The molecule has 0 aliphatic carbocycles. The van der Waals surface area contributed by atoms with Gasteiger partial charge in [-0.15, -0.1) is 0 Å². The number of rotatable bonds is 8. The molecule has 0 heterocycles. The number of carbonyl (C=O) groups excluding carboxylic acids is 1. The zero-order chi connectivity index (χ0) is 19.2. The molecule has 140 valence electrons. The van der Waals surface area contributed by atoms with Crippen LogP contribution < -0.4 is 10.1 Å². The number of nitrogens with one attached hydrogen (secondary N) is 1. The smallest absolute Gasteiger partial charge is 0.221 e. The molecule has 0 aliphatic heterocycles. The van der Waals surface area contributed by atoms with Gasteiger partial charge in [0.05, 0.1) is 22.8 Å². The van der Waals surface area contributed by atoms with Crippen molar-refractivity contribution in [1.82, 2.24) is 5.32 Å². The number of amides is 1. The molecular weight excluding hydrogens is 381 g/mol. The quantitative estimate of drug-likeness (QED) is 0.740. The van der Waals surface area contributed by atoms with Crippen molar-refractivity contribution in [3.8, 4) is 5.75 Å². The van der Waals surface area contributed by atoms with Crippen LogP contribution in [-0.4, -0.2) is 33.7 Å². The van der Waals surface area contributed by atoms with Gasteiger partial charge in [0.1, 0.15) is 11.6 Å². The third-order valence-electron chi connectivity index (χ3n) is 3.75. The second-order valence-electron chi connectivity index (χ2n) is 5.56. The van der Waals surface area contributed by atoms with E-state index in [0.717, 1.165) is 0 Å². The summed E-state index contributed by atoms with van der Waals surface area (Å²) in [6.07, 6.45) is 0.141. The predicted octanol–water partition coefficient (Wildman–Crippen LogP) is 3.01. The number of ether oxygens (including phenoxy) is 1. The zero-order valence-electron chi connectivity index (χ0n) is 14.2. The van der Waals surface area contributed by atoms with Gasteiger partial charge in [-0.25, -0.2) is 12.8 Å². The number of sulfone groups is 1. The second-order valence-corrected chi connectivity index (χ2v) is 8.07. The monoisotopic (exact) mass is 399 g/mol. The van der Waals surface area contributed by atoms with Gasteiger partial charge in [0.15, 0.2) is 9.84 Å². The van der Waals surface area contributed by atoms with Crippen molar-refractivity contribution in [3.05, 3.63) is 58.9 Å². The molecular formula is C18H19ClFNO4S.